The zero-order valence-corrected chi connectivity index (χ0v) is 9.73. The third-order valence-electron chi connectivity index (χ3n) is 2.57. The van der Waals surface area contributed by atoms with Crippen LogP contribution in [0.5, 0.6) is 5.88 Å². The SMILES string of the molecule is COc1nc2ccc(CC(=O)O)cc2cc1C. The zero-order valence-electron chi connectivity index (χ0n) is 9.73. The molecular formula is C13H13NO3. The Morgan fingerprint density at radius 3 is 2.82 bits per heavy atom. The molecule has 0 amide bonds. The minimum absolute atomic E-state index is 0.0288. The van der Waals surface area contributed by atoms with Crippen molar-refractivity contribution in [3.8, 4) is 5.88 Å². The van der Waals surface area contributed by atoms with Gasteiger partial charge < -0.3 is 9.84 Å². The number of carbonyl (C=O) groups is 1. The maximum absolute atomic E-state index is 10.6. The first-order chi connectivity index (χ1) is 8.10. The van der Waals surface area contributed by atoms with E-state index in [1.54, 1.807) is 13.2 Å². The van der Waals surface area contributed by atoms with Crippen molar-refractivity contribution in [2.24, 2.45) is 0 Å². The van der Waals surface area contributed by atoms with Gasteiger partial charge in [0.25, 0.3) is 0 Å². The van der Waals surface area contributed by atoms with Crippen LogP contribution < -0.4 is 4.74 Å². The van der Waals surface area contributed by atoms with Crippen LogP contribution in [0.4, 0.5) is 0 Å². The Bertz CT molecular complexity index is 578. The topological polar surface area (TPSA) is 59.4 Å². The van der Waals surface area contributed by atoms with Gasteiger partial charge in [0.1, 0.15) is 0 Å². The minimum Gasteiger partial charge on any atom is -0.481 e. The van der Waals surface area contributed by atoms with Crippen LogP contribution in [-0.2, 0) is 11.2 Å². The molecule has 0 atom stereocenters. The maximum atomic E-state index is 10.6. The Hall–Kier alpha value is -2.10. The number of fused-ring (bicyclic) bond motifs is 1. The summed E-state index contributed by atoms with van der Waals surface area (Å²) in [5.74, 6) is -0.231. The summed E-state index contributed by atoms with van der Waals surface area (Å²) in [6, 6.07) is 7.39. The molecule has 1 heterocycles. The maximum Gasteiger partial charge on any atom is 0.307 e. The van der Waals surface area contributed by atoms with Gasteiger partial charge in [-0.3, -0.25) is 4.79 Å². The van der Waals surface area contributed by atoms with Gasteiger partial charge in [0.15, 0.2) is 0 Å². The van der Waals surface area contributed by atoms with E-state index >= 15 is 0 Å². The summed E-state index contributed by atoms with van der Waals surface area (Å²) in [5, 5.41) is 9.67. The van der Waals surface area contributed by atoms with Crippen LogP contribution in [0.25, 0.3) is 10.9 Å². The fraction of sp³-hybridized carbons (Fsp3) is 0.231. The van der Waals surface area contributed by atoms with Crippen LogP contribution in [0, 0.1) is 6.92 Å². The molecule has 88 valence electrons. The predicted octanol–water partition coefficient (Wildman–Crippen LogP) is 2.18. The molecule has 0 radical (unpaired) electrons. The normalized spacial score (nSPS) is 10.5. The van der Waals surface area contributed by atoms with Crippen molar-refractivity contribution in [2.45, 2.75) is 13.3 Å². The summed E-state index contributed by atoms with van der Waals surface area (Å²) in [5.41, 5.74) is 2.52. The molecule has 0 bridgehead atoms. The molecular weight excluding hydrogens is 218 g/mol. The van der Waals surface area contributed by atoms with Crippen molar-refractivity contribution < 1.29 is 14.6 Å². The number of aliphatic carboxylic acids is 1. The monoisotopic (exact) mass is 231 g/mol. The first-order valence-electron chi connectivity index (χ1n) is 5.26. The second kappa shape index (κ2) is 4.41. The standard InChI is InChI=1S/C13H13NO3/c1-8-5-10-6-9(7-12(15)16)3-4-11(10)14-13(8)17-2/h3-6H,7H2,1-2H3,(H,15,16). The highest BCUT2D eigenvalue weighted by Gasteiger charge is 2.06. The Labute approximate surface area is 98.9 Å². The smallest absolute Gasteiger partial charge is 0.307 e. The molecule has 0 unspecified atom stereocenters. The molecule has 0 saturated carbocycles. The average Bonchev–Trinajstić information content (AvgIpc) is 2.27. The van der Waals surface area contributed by atoms with Gasteiger partial charge in [-0.1, -0.05) is 6.07 Å². The van der Waals surface area contributed by atoms with Crippen LogP contribution in [0.15, 0.2) is 24.3 Å². The number of rotatable bonds is 3. The molecule has 0 aliphatic rings. The molecule has 2 rings (SSSR count). The number of methoxy groups -OCH3 is 1. The quantitative estimate of drug-likeness (QED) is 0.879. The fourth-order valence-electron chi connectivity index (χ4n) is 1.81. The van der Waals surface area contributed by atoms with Crippen LogP contribution in [0.2, 0.25) is 0 Å². The summed E-state index contributed by atoms with van der Waals surface area (Å²) in [6.07, 6.45) is 0.0288. The number of carboxylic acids is 1. The third-order valence-corrected chi connectivity index (χ3v) is 2.57. The molecule has 4 heteroatoms. The minimum atomic E-state index is -0.831. The lowest BCUT2D eigenvalue weighted by Crippen LogP contribution is -2.00. The number of benzene rings is 1. The number of hydrogen-bond donors (Lipinski definition) is 1. The zero-order chi connectivity index (χ0) is 12.4. The lowest BCUT2D eigenvalue weighted by molar-refractivity contribution is -0.136. The molecule has 4 nitrogen and oxygen atoms in total. The largest absolute Gasteiger partial charge is 0.481 e. The van der Waals surface area contributed by atoms with Gasteiger partial charge in [0.2, 0.25) is 5.88 Å². The predicted molar refractivity (Wildman–Crippen MR) is 64.4 cm³/mol. The van der Waals surface area contributed by atoms with Crippen molar-refractivity contribution in [1.82, 2.24) is 4.98 Å². The molecule has 2 aromatic rings. The molecule has 0 saturated heterocycles. The van der Waals surface area contributed by atoms with E-state index in [9.17, 15) is 4.79 Å². The Morgan fingerprint density at radius 1 is 1.41 bits per heavy atom. The van der Waals surface area contributed by atoms with Crippen molar-refractivity contribution >= 4 is 16.9 Å². The number of aryl methyl sites for hydroxylation is 1. The summed E-state index contributed by atoms with van der Waals surface area (Å²) >= 11 is 0. The van der Waals surface area contributed by atoms with E-state index in [2.05, 4.69) is 4.98 Å². The second-order valence-electron chi connectivity index (χ2n) is 3.91. The van der Waals surface area contributed by atoms with E-state index in [1.807, 2.05) is 25.1 Å². The summed E-state index contributed by atoms with van der Waals surface area (Å²) in [4.78, 5) is 15.0. The van der Waals surface area contributed by atoms with Gasteiger partial charge in [0.05, 0.1) is 19.0 Å². The lowest BCUT2D eigenvalue weighted by atomic mass is 10.1. The van der Waals surface area contributed by atoms with E-state index in [0.29, 0.717) is 5.88 Å². The van der Waals surface area contributed by atoms with Gasteiger partial charge in [-0.15, -0.1) is 0 Å². The van der Waals surface area contributed by atoms with Gasteiger partial charge in [-0.05, 0) is 30.7 Å². The number of hydrogen-bond acceptors (Lipinski definition) is 3. The molecule has 0 spiro atoms. The Kier molecular flexibility index (Phi) is 2.95. The molecule has 0 fully saturated rings. The highest BCUT2D eigenvalue weighted by molar-refractivity contribution is 5.82. The molecule has 1 N–H and O–H groups in total. The van der Waals surface area contributed by atoms with Gasteiger partial charge in [-0.25, -0.2) is 4.98 Å². The van der Waals surface area contributed by atoms with E-state index in [1.165, 1.54) is 0 Å². The second-order valence-corrected chi connectivity index (χ2v) is 3.91. The van der Waals surface area contributed by atoms with E-state index in [-0.39, 0.29) is 6.42 Å². The average molecular weight is 231 g/mol. The van der Waals surface area contributed by atoms with Crippen molar-refractivity contribution in [2.75, 3.05) is 7.11 Å². The van der Waals surface area contributed by atoms with E-state index < -0.39 is 5.97 Å². The van der Waals surface area contributed by atoms with Crippen LogP contribution >= 0.6 is 0 Å². The van der Waals surface area contributed by atoms with Crippen LogP contribution in [0.1, 0.15) is 11.1 Å². The number of aromatic nitrogens is 1. The Balaban J connectivity index is 2.51. The fourth-order valence-corrected chi connectivity index (χ4v) is 1.81. The van der Waals surface area contributed by atoms with E-state index in [4.69, 9.17) is 9.84 Å². The molecule has 0 aliphatic heterocycles. The van der Waals surface area contributed by atoms with Gasteiger partial charge >= 0.3 is 5.97 Å². The summed E-state index contributed by atoms with van der Waals surface area (Å²) < 4.78 is 5.14. The molecule has 17 heavy (non-hydrogen) atoms. The number of nitrogens with zero attached hydrogens (tertiary/aromatic N) is 1. The van der Waals surface area contributed by atoms with Crippen LogP contribution in [-0.4, -0.2) is 23.2 Å². The van der Waals surface area contributed by atoms with E-state index in [0.717, 1.165) is 22.0 Å². The first kappa shape index (κ1) is 11.4. The van der Waals surface area contributed by atoms with Crippen molar-refractivity contribution in [3.63, 3.8) is 0 Å². The van der Waals surface area contributed by atoms with Gasteiger partial charge in [-0.2, -0.15) is 0 Å². The highest BCUT2D eigenvalue weighted by Crippen LogP contribution is 2.22. The third kappa shape index (κ3) is 2.36. The van der Waals surface area contributed by atoms with Crippen molar-refractivity contribution in [3.05, 3.63) is 35.4 Å². The Morgan fingerprint density at radius 2 is 2.18 bits per heavy atom. The number of carboxylic acid groups (broad SMARTS) is 1. The van der Waals surface area contributed by atoms with Gasteiger partial charge in [0, 0.05) is 10.9 Å². The first-order valence-corrected chi connectivity index (χ1v) is 5.26. The molecule has 1 aromatic heterocycles. The summed E-state index contributed by atoms with van der Waals surface area (Å²) in [6.45, 7) is 1.91. The van der Waals surface area contributed by atoms with Crippen molar-refractivity contribution in [1.29, 1.82) is 0 Å². The number of ether oxygens (including phenoxy) is 1. The molecule has 1 aromatic carbocycles. The molecule has 0 aliphatic carbocycles. The summed E-state index contributed by atoms with van der Waals surface area (Å²) in [7, 11) is 1.58. The van der Waals surface area contributed by atoms with Crippen LogP contribution in [0.3, 0.4) is 0 Å². The number of pyridine rings is 1. The lowest BCUT2D eigenvalue weighted by Gasteiger charge is -2.06. The highest BCUT2D eigenvalue weighted by atomic mass is 16.5.